The molecule has 1 aromatic carbocycles. The van der Waals surface area contributed by atoms with Crippen LogP contribution < -0.4 is 9.16 Å². The molecule has 3 nitrogen and oxygen atoms in total. The minimum absolute atomic E-state index is 0.391. The largest absolute Gasteiger partial charge is 0.517 e. The van der Waals surface area contributed by atoms with Crippen molar-refractivity contribution in [1.29, 1.82) is 0 Å². The first-order chi connectivity index (χ1) is 9.31. The summed E-state index contributed by atoms with van der Waals surface area (Å²) in [5.74, 6) is 1.55. The van der Waals surface area contributed by atoms with E-state index in [-0.39, 0.29) is 0 Å². The quantitative estimate of drug-likeness (QED) is 0.567. The maximum absolute atomic E-state index is 5.87. The SMILES string of the molecule is C=C[Si]1(C)OCc2cc(OCC[Si](Cl)(Cl)Cl)ccc2O1. The number of hydrogen-bond acceptors (Lipinski definition) is 3. The fraction of sp³-hybridized carbons (Fsp3) is 0.333. The first kappa shape index (κ1) is 16.2. The third kappa shape index (κ3) is 4.41. The highest BCUT2D eigenvalue weighted by Gasteiger charge is 2.34. The second-order valence-corrected chi connectivity index (χ2v) is 16.8. The average molecular weight is 370 g/mol. The monoisotopic (exact) mass is 368 g/mol. The molecule has 0 N–H and O–H groups in total. The van der Waals surface area contributed by atoms with Crippen molar-refractivity contribution in [2.45, 2.75) is 19.2 Å². The number of fused-ring (bicyclic) bond motifs is 1. The molecule has 0 saturated heterocycles. The summed E-state index contributed by atoms with van der Waals surface area (Å²) in [6, 6.07) is 3.46. The van der Waals surface area contributed by atoms with Crippen molar-refractivity contribution >= 4 is 47.8 Å². The van der Waals surface area contributed by atoms with Gasteiger partial charge in [0.25, 0.3) is 0 Å². The molecule has 0 amide bonds. The Balaban J connectivity index is 2.01. The predicted molar refractivity (Wildman–Crippen MR) is 87.3 cm³/mol. The van der Waals surface area contributed by atoms with Crippen molar-refractivity contribution in [3.63, 3.8) is 0 Å². The summed E-state index contributed by atoms with van der Waals surface area (Å²) in [5, 5.41) is 0. The lowest BCUT2D eigenvalue weighted by Crippen LogP contribution is -2.42. The molecule has 1 heterocycles. The van der Waals surface area contributed by atoms with Gasteiger partial charge in [-0.05, 0) is 30.4 Å². The van der Waals surface area contributed by atoms with Crippen molar-refractivity contribution in [2.75, 3.05) is 6.61 Å². The predicted octanol–water partition coefficient (Wildman–Crippen LogP) is 4.43. The molecule has 0 fully saturated rings. The van der Waals surface area contributed by atoms with E-state index >= 15 is 0 Å². The van der Waals surface area contributed by atoms with Crippen LogP contribution in [-0.4, -0.2) is 21.2 Å². The average Bonchev–Trinajstić information content (AvgIpc) is 2.37. The summed E-state index contributed by atoms with van der Waals surface area (Å²) in [7, 11) is -2.25. The van der Waals surface area contributed by atoms with Gasteiger partial charge >= 0.3 is 14.6 Å². The van der Waals surface area contributed by atoms with Gasteiger partial charge in [0.05, 0.1) is 13.2 Å². The third-order valence-electron chi connectivity index (χ3n) is 2.88. The van der Waals surface area contributed by atoms with E-state index in [0.29, 0.717) is 19.3 Å². The Kier molecular flexibility index (Phi) is 5.10. The van der Waals surface area contributed by atoms with E-state index in [1.165, 1.54) is 0 Å². The third-order valence-corrected chi connectivity index (χ3v) is 7.44. The smallest absolute Gasteiger partial charge is 0.422 e. The Morgan fingerprint density at radius 1 is 1.45 bits per heavy atom. The standard InChI is InChI=1S/C12H15Cl3O3Si2/c1-3-19(2)17-9-10-8-11(4-5-12(10)18-19)16-6-7-20(13,14)15/h3-5,8H,1,6-7,9H2,2H3. The molecule has 0 radical (unpaired) electrons. The van der Waals surface area contributed by atoms with Gasteiger partial charge in [-0.15, -0.1) is 39.8 Å². The summed E-state index contributed by atoms with van der Waals surface area (Å²) in [6.45, 7) is 6.61. The van der Waals surface area contributed by atoms with Crippen molar-refractivity contribution in [1.82, 2.24) is 0 Å². The Bertz CT molecular complexity index is 507. The van der Waals surface area contributed by atoms with Crippen LogP contribution in [0.25, 0.3) is 0 Å². The molecule has 20 heavy (non-hydrogen) atoms. The molecule has 0 aromatic heterocycles. The van der Waals surface area contributed by atoms with Crippen LogP contribution in [0.3, 0.4) is 0 Å². The molecule has 1 atom stereocenters. The minimum atomic E-state index is -2.63. The van der Waals surface area contributed by atoms with Crippen molar-refractivity contribution in [3.05, 3.63) is 36.0 Å². The highest BCUT2D eigenvalue weighted by Crippen LogP contribution is 2.33. The van der Waals surface area contributed by atoms with Crippen LogP contribution in [-0.2, 0) is 11.0 Å². The molecule has 0 aliphatic carbocycles. The molecule has 1 unspecified atom stereocenters. The van der Waals surface area contributed by atoms with Gasteiger partial charge in [0.2, 0.25) is 0 Å². The van der Waals surface area contributed by atoms with Gasteiger partial charge in [-0.2, -0.15) is 0 Å². The first-order valence-electron chi connectivity index (χ1n) is 6.10. The molecule has 2 rings (SSSR count). The summed E-state index contributed by atoms with van der Waals surface area (Å²) in [5.41, 5.74) is 2.73. The Labute approximate surface area is 134 Å². The summed E-state index contributed by atoms with van der Waals surface area (Å²) in [6.07, 6.45) is 0. The topological polar surface area (TPSA) is 27.7 Å². The van der Waals surface area contributed by atoms with E-state index in [4.69, 9.17) is 46.8 Å². The Hall–Kier alpha value is -0.176. The van der Waals surface area contributed by atoms with Gasteiger partial charge in [-0.25, -0.2) is 0 Å². The molecule has 1 aromatic rings. The second kappa shape index (κ2) is 6.29. The van der Waals surface area contributed by atoms with Crippen LogP contribution in [0.15, 0.2) is 30.5 Å². The zero-order valence-electron chi connectivity index (χ0n) is 11.0. The molecule has 8 heteroatoms. The summed E-state index contributed by atoms with van der Waals surface area (Å²) < 4.78 is 17.2. The number of rotatable bonds is 5. The number of ether oxygens (including phenoxy) is 1. The van der Waals surface area contributed by atoms with Crippen LogP contribution in [0.1, 0.15) is 5.56 Å². The van der Waals surface area contributed by atoms with Crippen molar-refractivity contribution < 1.29 is 13.6 Å². The lowest BCUT2D eigenvalue weighted by Gasteiger charge is -2.31. The van der Waals surface area contributed by atoms with E-state index in [0.717, 1.165) is 17.1 Å². The van der Waals surface area contributed by atoms with Gasteiger partial charge in [0.1, 0.15) is 11.5 Å². The summed E-state index contributed by atoms with van der Waals surface area (Å²) >= 11 is 17.4. The van der Waals surface area contributed by atoms with Crippen molar-refractivity contribution in [2.24, 2.45) is 0 Å². The molecule has 1 aliphatic heterocycles. The van der Waals surface area contributed by atoms with Gasteiger partial charge in [0.15, 0.2) is 0 Å². The van der Waals surface area contributed by atoms with Crippen LogP contribution in [0.4, 0.5) is 0 Å². The number of benzene rings is 1. The molecule has 0 spiro atoms. The molecule has 1 aliphatic rings. The first-order valence-corrected chi connectivity index (χ1v) is 13.7. The fourth-order valence-corrected chi connectivity index (χ4v) is 4.08. The maximum atomic E-state index is 5.87. The minimum Gasteiger partial charge on any atom is -0.517 e. The van der Waals surface area contributed by atoms with E-state index in [1.807, 2.05) is 24.7 Å². The summed E-state index contributed by atoms with van der Waals surface area (Å²) in [4.78, 5) is 0. The number of halogens is 3. The van der Waals surface area contributed by atoms with Crippen LogP contribution in [0.2, 0.25) is 12.6 Å². The molecule has 0 bridgehead atoms. The Morgan fingerprint density at radius 2 is 2.20 bits per heavy atom. The van der Waals surface area contributed by atoms with Crippen LogP contribution in [0.5, 0.6) is 11.5 Å². The van der Waals surface area contributed by atoms with Crippen molar-refractivity contribution in [3.8, 4) is 11.5 Å². The lowest BCUT2D eigenvalue weighted by molar-refractivity contribution is 0.215. The fourth-order valence-electron chi connectivity index (χ4n) is 1.71. The van der Waals surface area contributed by atoms with E-state index < -0.39 is 14.6 Å². The lowest BCUT2D eigenvalue weighted by atomic mass is 10.2. The van der Waals surface area contributed by atoms with Gasteiger partial charge in [-0.1, -0.05) is 0 Å². The van der Waals surface area contributed by atoms with E-state index in [9.17, 15) is 0 Å². The second-order valence-electron chi connectivity index (χ2n) is 4.59. The highest BCUT2D eigenvalue weighted by atomic mass is 35.8. The zero-order chi connectivity index (χ0) is 14.8. The van der Waals surface area contributed by atoms with Crippen LogP contribution in [0, 0.1) is 0 Å². The Morgan fingerprint density at radius 3 is 2.85 bits per heavy atom. The number of hydrogen-bond donors (Lipinski definition) is 0. The van der Waals surface area contributed by atoms with E-state index in [2.05, 4.69) is 6.58 Å². The van der Waals surface area contributed by atoms with Gasteiger partial charge < -0.3 is 13.6 Å². The highest BCUT2D eigenvalue weighted by molar-refractivity contribution is 7.64. The molecular formula is C12H15Cl3O3Si2. The molecular weight excluding hydrogens is 355 g/mol. The molecule has 0 saturated carbocycles. The van der Waals surface area contributed by atoms with Crippen LogP contribution >= 0.6 is 33.2 Å². The van der Waals surface area contributed by atoms with Gasteiger partial charge in [-0.3, -0.25) is 0 Å². The zero-order valence-corrected chi connectivity index (χ0v) is 15.3. The normalized spacial score (nSPS) is 21.8. The maximum Gasteiger partial charge on any atom is 0.422 e. The van der Waals surface area contributed by atoms with E-state index in [1.54, 1.807) is 5.70 Å². The van der Waals surface area contributed by atoms with Gasteiger partial charge in [0, 0.05) is 11.6 Å². The molecule has 110 valence electrons.